The molecule has 23 heavy (non-hydrogen) atoms. The molecular weight excluding hydrogens is 299 g/mol. The van der Waals surface area contributed by atoms with Crippen LogP contribution in [0.1, 0.15) is 16.7 Å². The number of cyclic esters (lactones) is 1. The van der Waals surface area contributed by atoms with E-state index in [-0.39, 0.29) is 6.61 Å². The van der Waals surface area contributed by atoms with Crippen molar-refractivity contribution in [3.63, 3.8) is 0 Å². The number of hydrogen-bond acceptors (Lipinski definition) is 5. The number of aromatic nitrogens is 1. The summed E-state index contributed by atoms with van der Waals surface area (Å²) in [6.45, 7) is 0.0179. The average Bonchev–Trinajstić information content (AvgIpc) is 2.61. The van der Waals surface area contributed by atoms with Crippen molar-refractivity contribution in [3.8, 4) is 0 Å². The van der Waals surface area contributed by atoms with Gasteiger partial charge in [-0.3, -0.25) is 4.98 Å². The van der Waals surface area contributed by atoms with Crippen LogP contribution in [0.5, 0.6) is 0 Å². The highest BCUT2D eigenvalue weighted by Crippen LogP contribution is 2.20. The molecule has 3 rings (SSSR count). The van der Waals surface area contributed by atoms with Crippen LogP contribution >= 0.6 is 0 Å². The van der Waals surface area contributed by atoms with E-state index in [2.05, 4.69) is 20.8 Å². The fourth-order valence-corrected chi connectivity index (χ4v) is 2.22. The fourth-order valence-electron chi connectivity index (χ4n) is 2.22. The van der Waals surface area contributed by atoms with Gasteiger partial charge in [0, 0.05) is 35.8 Å². The van der Waals surface area contributed by atoms with Gasteiger partial charge in [-0.2, -0.15) is 5.10 Å². The van der Waals surface area contributed by atoms with Gasteiger partial charge in [-0.25, -0.2) is 14.6 Å². The first-order valence-electron chi connectivity index (χ1n) is 7.07. The molecule has 1 amide bonds. The van der Waals surface area contributed by atoms with Gasteiger partial charge >= 0.3 is 6.09 Å². The Morgan fingerprint density at radius 2 is 2.26 bits per heavy atom. The summed E-state index contributed by atoms with van der Waals surface area (Å²) in [5, 5.41) is 7.12. The lowest BCUT2D eigenvalue weighted by Gasteiger charge is -2.15. The van der Waals surface area contributed by atoms with Crippen LogP contribution in [-0.2, 0) is 18.0 Å². The number of amides is 1. The Morgan fingerprint density at radius 1 is 1.35 bits per heavy atom. The normalized spacial score (nSPS) is 13.8. The van der Waals surface area contributed by atoms with Crippen molar-refractivity contribution in [1.29, 1.82) is 0 Å². The molecule has 0 aliphatic carbocycles. The van der Waals surface area contributed by atoms with Crippen molar-refractivity contribution in [2.45, 2.75) is 13.2 Å². The molecular formula is C16H15FN4O2. The molecule has 0 bridgehead atoms. The number of carbonyl (C=O) groups is 1. The summed E-state index contributed by atoms with van der Waals surface area (Å²) in [5.74, 6) is 0. The van der Waals surface area contributed by atoms with Gasteiger partial charge in [0.25, 0.3) is 0 Å². The molecule has 0 atom stereocenters. The molecule has 0 spiro atoms. The predicted octanol–water partition coefficient (Wildman–Crippen LogP) is 2.61. The zero-order valence-corrected chi connectivity index (χ0v) is 12.3. The number of nitrogens with zero attached hydrogens (tertiary/aromatic N) is 2. The minimum Gasteiger partial charge on any atom is -0.442 e. The molecule has 0 saturated carbocycles. The van der Waals surface area contributed by atoms with E-state index in [0.29, 0.717) is 29.1 Å². The number of ether oxygens (including phenoxy) is 1. The molecule has 7 heteroatoms. The lowest BCUT2D eigenvalue weighted by molar-refractivity contribution is 0.157. The highest BCUT2D eigenvalue weighted by molar-refractivity contribution is 6.04. The van der Waals surface area contributed by atoms with Gasteiger partial charge in [-0.05, 0) is 23.8 Å². The van der Waals surface area contributed by atoms with E-state index < -0.39 is 12.8 Å². The Labute approximate surface area is 132 Å². The first-order chi connectivity index (χ1) is 11.3. The maximum absolute atomic E-state index is 13.3. The highest BCUT2D eigenvalue weighted by atomic mass is 19.1. The van der Waals surface area contributed by atoms with Crippen LogP contribution in [0.4, 0.5) is 14.9 Å². The monoisotopic (exact) mass is 314 g/mol. The van der Waals surface area contributed by atoms with Crippen molar-refractivity contribution >= 4 is 17.5 Å². The predicted molar refractivity (Wildman–Crippen MR) is 83.8 cm³/mol. The van der Waals surface area contributed by atoms with Gasteiger partial charge in [0.2, 0.25) is 0 Å². The fraction of sp³-hybridized carbons (Fsp3) is 0.188. The number of anilines is 1. The summed E-state index contributed by atoms with van der Waals surface area (Å²) in [5.41, 5.74) is 5.74. The summed E-state index contributed by atoms with van der Waals surface area (Å²) >= 11 is 0. The Kier molecular flexibility index (Phi) is 4.46. The second-order valence-electron chi connectivity index (χ2n) is 4.97. The van der Waals surface area contributed by atoms with E-state index in [1.807, 2.05) is 18.2 Å². The molecule has 2 heterocycles. The largest absolute Gasteiger partial charge is 0.442 e. The van der Waals surface area contributed by atoms with Gasteiger partial charge in [0.15, 0.2) is 0 Å². The molecule has 0 unspecified atom stereocenters. The standard InChI is InChI=1S/C16H15FN4O2/c17-7-13-6-12(15-10-23-16(22)21-20-15)3-4-14(13)19-9-11-2-1-5-18-8-11/h1-6,8,19H,7,9-10H2,(H,21,22). The minimum atomic E-state index is -0.607. The molecule has 2 aromatic rings. The van der Waals surface area contributed by atoms with Crippen molar-refractivity contribution in [3.05, 3.63) is 59.4 Å². The number of nitrogens with one attached hydrogen (secondary N) is 2. The lowest BCUT2D eigenvalue weighted by Crippen LogP contribution is -2.30. The minimum absolute atomic E-state index is 0.0695. The van der Waals surface area contributed by atoms with Crippen LogP contribution in [-0.4, -0.2) is 23.4 Å². The highest BCUT2D eigenvalue weighted by Gasteiger charge is 2.15. The maximum atomic E-state index is 13.3. The van der Waals surface area contributed by atoms with E-state index in [1.54, 1.807) is 24.5 Å². The Balaban J connectivity index is 1.76. The van der Waals surface area contributed by atoms with Gasteiger partial charge in [-0.15, -0.1) is 0 Å². The number of pyridine rings is 1. The van der Waals surface area contributed by atoms with Crippen LogP contribution in [0.3, 0.4) is 0 Å². The number of rotatable bonds is 5. The molecule has 6 nitrogen and oxygen atoms in total. The summed E-state index contributed by atoms with van der Waals surface area (Å²) in [7, 11) is 0. The van der Waals surface area contributed by atoms with E-state index >= 15 is 0 Å². The summed E-state index contributed by atoms with van der Waals surface area (Å²) in [6.07, 6.45) is 2.87. The topological polar surface area (TPSA) is 75.6 Å². The number of hydrazone groups is 1. The first kappa shape index (κ1) is 15.0. The van der Waals surface area contributed by atoms with Gasteiger partial charge in [0.1, 0.15) is 19.0 Å². The van der Waals surface area contributed by atoms with Crippen molar-refractivity contribution < 1.29 is 13.9 Å². The van der Waals surface area contributed by atoms with E-state index in [4.69, 9.17) is 4.74 Å². The SMILES string of the molecule is O=C1NN=C(c2ccc(NCc3cccnc3)c(CF)c2)CO1. The summed E-state index contributed by atoms with van der Waals surface area (Å²) in [4.78, 5) is 15.0. The van der Waals surface area contributed by atoms with Gasteiger partial charge < -0.3 is 10.1 Å². The van der Waals surface area contributed by atoms with E-state index in [9.17, 15) is 9.18 Å². The van der Waals surface area contributed by atoms with Crippen molar-refractivity contribution in [2.75, 3.05) is 11.9 Å². The number of hydrogen-bond donors (Lipinski definition) is 2. The van der Waals surface area contributed by atoms with Crippen molar-refractivity contribution in [1.82, 2.24) is 10.4 Å². The van der Waals surface area contributed by atoms with Crippen LogP contribution in [0.25, 0.3) is 0 Å². The van der Waals surface area contributed by atoms with Gasteiger partial charge in [-0.1, -0.05) is 12.1 Å². The summed E-state index contributed by atoms with van der Waals surface area (Å²) in [6, 6.07) is 9.10. The lowest BCUT2D eigenvalue weighted by atomic mass is 10.1. The second-order valence-corrected chi connectivity index (χ2v) is 4.97. The van der Waals surface area contributed by atoms with Crippen LogP contribution in [0.2, 0.25) is 0 Å². The zero-order chi connectivity index (χ0) is 16.1. The summed E-state index contributed by atoms with van der Waals surface area (Å²) < 4.78 is 18.2. The molecule has 0 radical (unpaired) electrons. The van der Waals surface area contributed by atoms with Crippen LogP contribution < -0.4 is 10.7 Å². The van der Waals surface area contributed by atoms with Crippen LogP contribution in [0.15, 0.2) is 47.8 Å². The van der Waals surface area contributed by atoms with E-state index in [0.717, 1.165) is 5.56 Å². The number of halogens is 1. The Hall–Kier alpha value is -2.96. The average molecular weight is 314 g/mol. The second kappa shape index (κ2) is 6.87. The third-order valence-electron chi connectivity index (χ3n) is 3.41. The Morgan fingerprint density at radius 3 is 2.96 bits per heavy atom. The molecule has 2 N–H and O–H groups in total. The molecule has 118 valence electrons. The molecule has 1 aliphatic rings. The zero-order valence-electron chi connectivity index (χ0n) is 12.3. The number of benzene rings is 1. The Bertz CT molecular complexity index is 734. The molecule has 0 saturated heterocycles. The third-order valence-corrected chi connectivity index (χ3v) is 3.41. The first-order valence-corrected chi connectivity index (χ1v) is 7.07. The molecule has 1 aliphatic heterocycles. The molecule has 0 fully saturated rings. The van der Waals surface area contributed by atoms with Gasteiger partial charge in [0.05, 0.1) is 0 Å². The van der Waals surface area contributed by atoms with Crippen molar-refractivity contribution in [2.24, 2.45) is 5.10 Å². The van der Waals surface area contributed by atoms with Crippen LogP contribution in [0, 0.1) is 0 Å². The molecule has 1 aromatic heterocycles. The van der Waals surface area contributed by atoms with E-state index in [1.165, 1.54) is 0 Å². The quantitative estimate of drug-likeness (QED) is 0.889. The number of carbonyl (C=O) groups excluding carboxylic acids is 1. The number of alkyl halides is 1. The third kappa shape index (κ3) is 3.63. The molecule has 1 aromatic carbocycles. The smallest absolute Gasteiger partial charge is 0.428 e. The maximum Gasteiger partial charge on any atom is 0.428 e.